The number of hydrogen-bond donors (Lipinski definition) is 2. The smallest absolute Gasteiger partial charge is 0.245 e. The van der Waals surface area contributed by atoms with Crippen molar-refractivity contribution in [3.63, 3.8) is 0 Å². The SMILES string of the molecule is CCC(NCC(O)COc1cnsn1)c1nccs1. The van der Waals surface area contributed by atoms with Crippen molar-refractivity contribution < 1.29 is 9.84 Å². The molecule has 0 amide bonds. The van der Waals surface area contributed by atoms with Gasteiger partial charge in [-0.05, 0) is 6.42 Å². The summed E-state index contributed by atoms with van der Waals surface area (Å²) in [5.74, 6) is 0.455. The van der Waals surface area contributed by atoms with Crippen LogP contribution in [0, 0.1) is 0 Å². The molecular formula is C11H16N4O2S2. The zero-order chi connectivity index (χ0) is 13.5. The van der Waals surface area contributed by atoms with Crippen molar-refractivity contribution in [2.45, 2.75) is 25.5 Å². The van der Waals surface area contributed by atoms with Gasteiger partial charge in [0.05, 0.1) is 17.8 Å². The molecule has 0 aromatic carbocycles. The first kappa shape index (κ1) is 14.3. The molecule has 8 heteroatoms. The second-order valence-electron chi connectivity index (χ2n) is 3.95. The Morgan fingerprint density at radius 1 is 1.53 bits per heavy atom. The minimum absolute atomic E-state index is 0.176. The zero-order valence-electron chi connectivity index (χ0n) is 10.5. The minimum atomic E-state index is -0.587. The maximum atomic E-state index is 9.84. The first-order valence-corrected chi connectivity index (χ1v) is 7.61. The van der Waals surface area contributed by atoms with Gasteiger partial charge in [-0.2, -0.15) is 4.37 Å². The molecule has 0 spiro atoms. The number of hydrogen-bond acceptors (Lipinski definition) is 8. The summed E-state index contributed by atoms with van der Waals surface area (Å²) in [7, 11) is 0. The number of nitrogens with zero attached hydrogens (tertiary/aromatic N) is 3. The highest BCUT2D eigenvalue weighted by atomic mass is 32.1. The number of aromatic nitrogens is 3. The Labute approximate surface area is 119 Å². The standard InChI is InChI=1S/C11H16N4O2S2/c1-2-9(11-12-3-4-18-11)13-5-8(16)7-17-10-6-14-19-15-10/h3-4,6,8-9,13,16H,2,5,7H2,1H3. The molecule has 0 aliphatic carbocycles. The average Bonchev–Trinajstić information content (AvgIpc) is 3.10. The van der Waals surface area contributed by atoms with Crippen molar-refractivity contribution in [3.8, 4) is 5.88 Å². The molecular weight excluding hydrogens is 284 g/mol. The normalized spacial score (nSPS) is 14.2. The first-order chi connectivity index (χ1) is 9.29. The molecule has 2 unspecified atom stereocenters. The molecule has 2 N–H and O–H groups in total. The van der Waals surface area contributed by atoms with E-state index in [1.54, 1.807) is 17.5 Å². The van der Waals surface area contributed by atoms with E-state index in [1.165, 1.54) is 6.20 Å². The van der Waals surface area contributed by atoms with Gasteiger partial charge in [-0.3, -0.25) is 0 Å². The van der Waals surface area contributed by atoms with Gasteiger partial charge in [-0.1, -0.05) is 6.92 Å². The van der Waals surface area contributed by atoms with E-state index < -0.39 is 6.10 Å². The van der Waals surface area contributed by atoms with Crippen molar-refractivity contribution >= 4 is 23.1 Å². The van der Waals surface area contributed by atoms with E-state index in [9.17, 15) is 5.11 Å². The van der Waals surface area contributed by atoms with Gasteiger partial charge in [-0.25, -0.2) is 4.98 Å². The maximum absolute atomic E-state index is 9.84. The molecule has 0 radical (unpaired) electrons. The van der Waals surface area contributed by atoms with E-state index in [0.717, 1.165) is 23.2 Å². The molecule has 2 aromatic heterocycles. The van der Waals surface area contributed by atoms with E-state index >= 15 is 0 Å². The highest BCUT2D eigenvalue weighted by Crippen LogP contribution is 2.18. The fraction of sp³-hybridized carbons (Fsp3) is 0.545. The van der Waals surface area contributed by atoms with Crippen LogP contribution in [0.5, 0.6) is 5.88 Å². The predicted molar refractivity (Wildman–Crippen MR) is 74.6 cm³/mol. The van der Waals surface area contributed by atoms with Crippen molar-refractivity contribution in [2.24, 2.45) is 0 Å². The third-order valence-electron chi connectivity index (χ3n) is 2.52. The van der Waals surface area contributed by atoms with Gasteiger partial charge in [0.15, 0.2) is 0 Å². The van der Waals surface area contributed by atoms with Crippen LogP contribution in [0.25, 0.3) is 0 Å². The van der Waals surface area contributed by atoms with Gasteiger partial charge < -0.3 is 15.2 Å². The minimum Gasteiger partial charge on any atom is -0.473 e. The Morgan fingerprint density at radius 2 is 2.42 bits per heavy atom. The molecule has 0 saturated heterocycles. The van der Waals surface area contributed by atoms with Crippen LogP contribution in [-0.4, -0.2) is 38.1 Å². The molecule has 2 heterocycles. The van der Waals surface area contributed by atoms with Crippen LogP contribution in [0.4, 0.5) is 0 Å². The summed E-state index contributed by atoms with van der Waals surface area (Å²) >= 11 is 2.70. The lowest BCUT2D eigenvalue weighted by molar-refractivity contribution is 0.101. The molecule has 0 bridgehead atoms. The molecule has 0 fully saturated rings. The summed E-state index contributed by atoms with van der Waals surface area (Å²) in [5.41, 5.74) is 0. The van der Waals surface area contributed by atoms with Gasteiger partial charge in [0.1, 0.15) is 23.9 Å². The molecule has 104 valence electrons. The molecule has 6 nitrogen and oxygen atoms in total. The van der Waals surface area contributed by atoms with E-state index in [2.05, 4.69) is 26.0 Å². The number of nitrogens with one attached hydrogen (secondary N) is 1. The Balaban J connectivity index is 1.71. The van der Waals surface area contributed by atoms with E-state index in [1.807, 2.05) is 5.38 Å². The van der Waals surface area contributed by atoms with Crippen LogP contribution in [0.2, 0.25) is 0 Å². The lowest BCUT2D eigenvalue weighted by Gasteiger charge is -2.17. The lowest BCUT2D eigenvalue weighted by atomic mass is 10.2. The Morgan fingerprint density at radius 3 is 3.05 bits per heavy atom. The van der Waals surface area contributed by atoms with Gasteiger partial charge in [0, 0.05) is 18.1 Å². The van der Waals surface area contributed by atoms with E-state index in [-0.39, 0.29) is 12.6 Å². The lowest BCUT2D eigenvalue weighted by Crippen LogP contribution is -2.33. The van der Waals surface area contributed by atoms with Crippen molar-refractivity contribution in [3.05, 3.63) is 22.8 Å². The third kappa shape index (κ3) is 4.50. The van der Waals surface area contributed by atoms with Gasteiger partial charge >= 0.3 is 0 Å². The van der Waals surface area contributed by atoms with Crippen LogP contribution in [0.1, 0.15) is 24.4 Å². The molecule has 0 aliphatic rings. The summed E-state index contributed by atoms with van der Waals surface area (Å²) in [5, 5.41) is 16.1. The highest BCUT2D eigenvalue weighted by molar-refractivity contribution is 7.09. The third-order valence-corrected chi connectivity index (χ3v) is 3.87. The van der Waals surface area contributed by atoms with Gasteiger partial charge in [0.25, 0.3) is 0 Å². The van der Waals surface area contributed by atoms with Crippen molar-refractivity contribution in [1.29, 1.82) is 0 Å². The number of aliphatic hydroxyl groups is 1. The second-order valence-corrected chi connectivity index (χ2v) is 5.43. The molecule has 0 aliphatic heterocycles. The largest absolute Gasteiger partial charge is 0.473 e. The van der Waals surface area contributed by atoms with E-state index in [4.69, 9.17) is 4.74 Å². The van der Waals surface area contributed by atoms with E-state index in [0.29, 0.717) is 12.4 Å². The summed E-state index contributed by atoms with van der Waals surface area (Å²) < 4.78 is 13.0. The highest BCUT2D eigenvalue weighted by Gasteiger charge is 2.14. The summed E-state index contributed by atoms with van der Waals surface area (Å²) in [6.45, 7) is 2.74. The fourth-order valence-corrected chi connectivity index (χ4v) is 2.71. The van der Waals surface area contributed by atoms with Crippen molar-refractivity contribution in [2.75, 3.05) is 13.2 Å². The number of thiazole rings is 1. The molecule has 19 heavy (non-hydrogen) atoms. The Bertz CT molecular complexity index is 449. The van der Waals surface area contributed by atoms with Gasteiger partial charge in [0.2, 0.25) is 5.88 Å². The summed E-state index contributed by atoms with van der Waals surface area (Å²) in [4.78, 5) is 4.28. The number of aliphatic hydroxyl groups excluding tert-OH is 1. The zero-order valence-corrected chi connectivity index (χ0v) is 12.2. The van der Waals surface area contributed by atoms with Crippen LogP contribution in [0.3, 0.4) is 0 Å². The number of rotatable bonds is 8. The van der Waals surface area contributed by atoms with Crippen LogP contribution >= 0.6 is 23.1 Å². The first-order valence-electron chi connectivity index (χ1n) is 6.00. The maximum Gasteiger partial charge on any atom is 0.245 e. The van der Waals surface area contributed by atoms with Crippen molar-refractivity contribution in [1.82, 2.24) is 19.0 Å². The molecule has 2 rings (SSSR count). The average molecular weight is 300 g/mol. The summed E-state index contributed by atoms with van der Waals surface area (Å²) in [6, 6.07) is 0.176. The summed E-state index contributed by atoms with van der Waals surface area (Å²) in [6.07, 6.45) is 3.67. The van der Waals surface area contributed by atoms with Gasteiger partial charge in [-0.15, -0.1) is 15.7 Å². The van der Waals surface area contributed by atoms with Crippen LogP contribution in [-0.2, 0) is 0 Å². The van der Waals surface area contributed by atoms with Crippen LogP contribution < -0.4 is 10.1 Å². The predicted octanol–water partition coefficient (Wildman–Crippen LogP) is 1.48. The van der Waals surface area contributed by atoms with Crippen LogP contribution in [0.15, 0.2) is 17.8 Å². The second kappa shape index (κ2) is 7.49. The Kier molecular flexibility index (Phi) is 5.64. The molecule has 2 atom stereocenters. The fourth-order valence-electron chi connectivity index (χ4n) is 1.55. The Hall–Kier alpha value is -1.09. The molecule has 2 aromatic rings. The topological polar surface area (TPSA) is 80.2 Å². The monoisotopic (exact) mass is 300 g/mol. The quantitative estimate of drug-likeness (QED) is 0.768. The molecule has 0 saturated carbocycles. The number of ether oxygens (including phenoxy) is 1.